The first kappa shape index (κ1) is 6.44. The van der Waals surface area contributed by atoms with Crippen LogP contribution >= 0.6 is 15.9 Å². The molecule has 0 radical (unpaired) electrons. The highest BCUT2D eigenvalue weighted by Crippen LogP contribution is 1.94. The summed E-state index contributed by atoms with van der Waals surface area (Å²) in [5.41, 5.74) is 0. The molecule has 1 nitrogen and oxygen atoms in total. The first-order valence-corrected chi connectivity index (χ1v) is 2.82. The van der Waals surface area contributed by atoms with Crippen molar-refractivity contribution in [2.24, 2.45) is 0 Å². The van der Waals surface area contributed by atoms with E-state index in [4.69, 9.17) is 4.74 Å². The zero-order valence-electron chi connectivity index (χ0n) is 4.07. The van der Waals surface area contributed by atoms with Crippen molar-refractivity contribution in [2.45, 2.75) is 11.8 Å². The van der Waals surface area contributed by atoms with Crippen LogP contribution < -0.4 is 0 Å². The Morgan fingerprint density at radius 2 is 2.33 bits per heavy atom. The van der Waals surface area contributed by atoms with Crippen molar-refractivity contribution < 1.29 is 4.74 Å². The molecule has 0 spiro atoms. The Balaban J connectivity index is 2.63. The quantitative estimate of drug-likeness (QED) is 0.545. The maximum atomic E-state index is 4.76. The van der Waals surface area contributed by atoms with E-state index in [2.05, 4.69) is 15.9 Å². The summed E-state index contributed by atoms with van der Waals surface area (Å²) in [5, 5.41) is 0. The molecule has 1 atom stereocenters. The first-order chi connectivity index (χ1) is 2.77. The molecule has 0 fully saturated rings. The van der Waals surface area contributed by atoms with Gasteiger partial charge in [0.25, 0.3) is 0 Å². The number of hydrogen-bond donors (Lipinski definition) is 0. The van der Waals surface area contributed by atoms with Crippen molar-refractivity contribution >= 4 is 15.9 Å². The fourth-order valence-corrected chi connectivity index (χ4v) is 0.494. The van der Waals surface area contributed by atoms with Crippen molar-refractivity contribution in [3.8, 4) is 0 Å². The summed E-state index contributed by atoms with van der Waals surface area (Å²) in [5.74, 6) is 0. The number of ether oxygens (including phenoxy) is 1. The van der Waals surface area contributed by atoms with Crippen molar-refractivity contribution in [1.82, 2.24) is 0 Å². The predicted octanol–water partition coefficient (Wildman–Crippen LogP) is 1.42. The molecule has 0 unspecified atom stereocenters. The average Bonchev–Trinajstić information content (AvgIpc) is 1.35. The number of alkyl halides is 1. The van der Waals surface area contributed by atoms with Crippen LogP contribution in [0.2, 0.25) is 0 Å². The van der Waals surface area contributed by atoms with Gasteiger partial charge in [-0.25, -0.2) is 0 Å². The maximum Gasteiger partial charge on any atom is 0.0584 e. The minimum absolute atomic E-state index is 0.488. The van der Waals surface area contributed by atoms with Gasteiger partial charge in [-0.2, -0.15) is 0 Å². The van der Waals surface area contributed by atoms with Gasteiger partial charge in [-0.05, 0) is 0 Å². The molecule has 0 aromatic carbocycles. The average molecular weight is 153 g/mol. The summed E-state index contributed by atoms with van der Waals surface area (Å²) in [6, 6.07) is 0. The summed E-state index contributed by atoms with van der Waals surface area (Å²) in [4.78, 5) is 0.488. The molecular weight excluding hydrogens is 144 g/mol. The highest BCUT2D eigenvalue weighted by atomic mass is 79.9. The number of halogens is 1. The number of methoxy groups -OCH3 is 1. The van der Waals surface area contributed by atoms with E-state index in [1.165, 1.54) is 0 Å². The molecule has 0 saturated carbocycles. The number of rotatable bonds is 2. The van der Waals surface area contributed by atoms with Gasteiger partial charge in [-0.1, -0.05) is 22.9 Å². The molecule has 6 heavy (non-hydrogen) atoms. The van der Waals surface area contributed by atoms with Gasteiger partial charge < -0.3 is 4.74 Å². The third-order valence-corrected chi connectivity index (χ3v) is 0.661. The van der Waals surface area contributed by atoms with Gasteiger partial charge in [0, 0.05) is 11.9 Å². The van der Waals surface area contributed by atoms with Gasteiger partial charge in [0.1, 0.15) is 0 Å². The van der Waals surface area contributed by atoms with Crippen LogP contribution in [0.15, 0.2) is 0 Å². The Labute approximate surface area is 46.8 Å². The van der Waals surface area contributed by atoms with Crippen LogP contribution in [0, 0.1) is 0 Å². The highest BCUT2D eigenvalue weighted by molar-refractivity contribution is 9.09. The van der Waals surface area contributed by atoms with Crippen molar-refractivity contribution in [3.05, 3.63) is 0 Å². The van der Waals surface area contributed by atoms with Gasteiger partial charge >= 0.3 is 0 Å². The summed E-state index contributed by atoms with van der Waals surface area (Å²) >= 11 is 3.31. The van der Waals surface area contributed by atoms with Crippen molar-refractivity contribution in [3.63, 3.8) is 0 Å². The molecule has 0 heterocycles. The van der Waals surface area contributed by atoms with Crippen LogP contribution in [0.4, 0.5) is 0 Å². The maximum absolute atomic E-state index is 4.76. The molecule has 0 aromatic heterocycles. The normalized spacial score (nSPS) is 14.5. The molecule has 38 valence electrons. The molecule has 0 bridgehead atoms. The van der Waals surface area contributed by atoms with Crippen LogP contribution in [0.5, 0.6) is 0 Å². The van der Waals surface area contributed by atoms with Crippen LogP contribution in [-0.2, 0) is 4.74 Å². The predicted molar refractivity (Wildman–Crippen MR) is 30.3 cm³/mol. The summed E-state index contributed by atoms with van der Waals surface area (Å²) in [7, 11) is 1.69. The Kier molecular flexibility index (Phi) is 3.89. The Morgan fingerprint density at radius 1 is 1.83 bits per heavy atom. The van der Waals surface area contributed by atoms with Gasteiger partial charge in [0.05, 0.1) is 6.61 Å². The Hall–Kier alpha value is 0.440. The lowest BCUT2D eigenvalue weighted by Gasteiger charge is -1.95. The Morgan fingerprint density at radius 3 is 2.33 bits per heavy atom. The van der Waals surface area contributed by atoms with E-state index in [1.807, 2.05) is 6.92 Å². The minimum Gasteiger partial charge on any atom is -0.384 e. The van der Waals surface area contributed by atoms with Gasteiger partial charge in [0.2, 0.25) is 0 Å². The fraction of sp³-hybridized carbons (Fsp3) is 1.00. The van der Waals surface area contributed by atoms with Crippen LogP contribution in [0.1, 0.15) is 6.92 Å². The summed E-state index contributed by atoms with van der Waals surface area (Å²) in [6.07, 6.45) is 0. The molecule has 2 heteroatoms. The standard InChI is InChI=1S/C4H9BrO/c1-4(5)3-6-2/h4H,3H2,1-2H3/t4-/m1/s1. The lowest BCUT2D eigenvalue weighted by atomic mass is 10.5. The largest absolute Gasteiger partial charge is 0.384 e. The smallest absolute Gasteiger partial charge is 0.0584 e. The molecule has 0 amide bonds. The van der Waals surface area contributed by atoms with E-state index in [-0.39, 0.29) is 0 Å². The van der Waals surface area contributed by atoms with E-state index in [0.29, 0.717) is 4.83 Å². The van der Waals surface area contributed by atoms with Crippen LogP contribution in [0.3, 0.4) is 0 Å². The molecular formula is C4H9BrO. The van der Waals surface area contributed by atoms with Crippen LogP contribution in [-0.4, -0.2) is 18.5 Å². The third kappa shape index (κ3) is 4.44. The lowest BCUT2D eigenvalue weighted by molar-refractivity contribution is 0.204. The Bertz CT molecular complexity index is 28.7. The zero-order chi connectivity index (χ0) is 4.99. The van der Waals surface area contributed by atoms with Crippen molar-refractivity contribution in [2.75, 3.05) is 13.7 Å². The van der Waals surface area contributed by atoms with E-state index < -0.39 is 0 Å². The van der Waals surface area contributed by atoms with E-state index >= 15 is 0 Å². The zero-order valence-corrected chi connectivity index (χ0v) is 5.66. The molecule has 0 aliphatic carbocycles. The monoisotopic (exact) mass is 152 g/mol. The summed E-state index contributed by atoms with van der Waals surface area (Å²) in [6.45, 7) is 2.84. The van der Waals surface area contributed by atoms with E-state index in [9.17, 15) is 0 Å². The SMILES string of the molecule is COC[C@@H](C)Br. The second-order valence-corrected chi connectivity index (χ2v) is 2.80. The second kappa shape index (κ2) is 3.62. The molecule has 0 aromatic rings. The van der Waals surface area contributed by atoms with Gasteiger partial charge in [-0.15, -0.1) is 0 Å². The lowest BCUT2D eigenvalue weighted by Crippen LogP contribution is -1.98. The minimum atomic E-state index is 0.488. The van der Waals surface area contributed by atoms with Gasteiger partial charge in [-0.3, -0.25) is 0 Å². The molecule has 0 aliphatic rings. The van der Waals surface area contributed by atoms with Crippen molar-refractivity contribution in [1.29, 1.82) is 0 Å². The van der Waals surface area contributed by atoms with E-state index in [1.54, 1.807) is 7.11 Å². The molecule has 0 aliphatic heterocycles. The molecule has 0 rings (SSSR count). The van der Waals surface area contributed by atoms with Crippen LogP contribution in [0.25, 0.3) is 0 Å². The first-order valence-electron chi connectivity index (χ1n) is 1.90. The number of hydrogen-bond acceptors (Lipinski definition) is 1. The topological polar surface area (TPSA) is 9.23 Å². The molecule has 0 N–H and O–H groups in total. The summed E-state index contributed by atoms with van der Waals surface area (Å²) < 4.78 is 4.76. The van der Waals surface area contributed by atoms with Gasteiger partial charge in [0.15, 0.2) is 0 Å². The highest BCUT2D eigenvalue weighted by Gasteiger charge is 1.88. The van der Waals surface area contributed by atoms with E-state index in [0.717, 1.165) is 6.61 Å². The molecule has 0 saturated heterocycles. The fourth-order valence-electron chi connectivity index (χ4n) is 0.230. The third-order valence-electron chi connectivity index (χ3n) is 0.396. The second-order valence-electron chi connectivity index (χ2n) is 1.24.